The van der Waals surface area contributed by atoms with E-state index in [-0.39, 0.29) is 12.0 Å². The lowest BCUT2D eigenvalue weighted by molar-refractivity contribution is -0.136. The van der Waals surface area contributed by atoms with Crippen LogP contribution in [0.3, 0.4) is 0 Å². The maximum Gasteiger partial charge on any atom is 0.224 e. The number of carbonyl (C=O) groups is 1. The second-order valence-electron chi connectivity index (χ2n) is 7.63. The first-order valence-electron chi connectivity index (χ1n) is 10.4. The first kappa shape index (κ1) is 21.6. The molecule has 0 aromatic heterocycles. The van der Waals surface area contributed by atoms with Crippen molar-refractivity contribution in [2.45, 2.75) is 71.2 Å². The highest BCUT2D eigenvalue weighted by atomic mass is 16.5. The number of piperidine rings is 2. The molecule has 0 N–H and O–H groups in total. The fourth-order valence-corrected chi connectivity index (χ4v) is 3.64. The summed E-state index contributed by atoms with van der Waals surface area (Å²) in [5, 5.41) is 0. The monoisotopic (exact) mass is 370 g/mol. The van der Waals surface area contributed by atoms with Gasteiger partial charge in [0.25, 0.3) is 0 Å². The molecule has 2 aliphatic heterocycles. The molecular formula is C20H38N2O4. The van der Waals surface area contributed by atoms with Crippen LogP contribution >= 0.6 is 0 Å². The summed E-state index contributed by atoms with van der Waals surface area (Å²) < 4.78 is 17.2. The Morgan fingerprint density at radius 1 is 0.962 bits per heavy atom. The normalized spacial score (nSPS) is 20.8. The lowest BCUT2D eigenvalue weighted by Gasteiger charge is -2.37. The Balaban J connectivity index is 1.53. The van der Waals surface area contributed by atoms with E-state index in [0.29, 0.717) is 38.4 Å². The Kier molecular flexibility index (Phi) is 9.89. The van der Waals surface area contributed by atoms with Gasteiger partial charge in [0, 0.05) is 26.2 Å². The van der Waals surface area contributed by atoms with Crippen molar-refractivity contribution in [3.63, 3.8) is 0 Å². The van der Waals surface area contributed by atoms with E-state index >= 15 is 0 Å². The van der Waals surface area contributed by atoms with Gasteiger partial charge >= 0.3 is 0 Å². The Labute approximate surface area is 159 Å². The van der Waals surface area contributed by atoms with Crippen molar-refractivity contribution in [1.82, 2.24) is 9.80 Å². The largest absolute Gasteiger partial charge is 0.379 e. The first-order chi connectivity index (χ1) is 12.6. The molecule has 2 saturated heterocycles. The van der Waals surface area contributed by atoms with Crippen LogP contribution in [0.4, 0.5) is 0 Å². The maximum absolute atomic E-state index is 12.3. The third-order valence-electron chi connectivity index (χ3n) is 5.30. The van der Waals surface area contributed by atoms with Gasteiger partial charge in [-0.2, -0.15) is 0 Å². The molecule has 152 valence electrons. The van der Waals surface area contributed by atoms with E-state index < -0.39 is 0 Å². The van der Waals surface area contributed by atoms with Gasteiger partial charge in [0.1, 0.15) is 0 Å². The van der Waals surface area contributed by atoms with Crippen LogP contribution in [0.15, 0.2) is 0 Å². The van der Waals surface area contributed by atoms with E-state index in [4.69, 9.17) is 14.2 Å². The summed E-state index contributed by atoms with van der Waals surface area (Å²) in [5.41, 5.74) is 0. The van der Waals surface area contributed by atoms with Gasteiger partial charge in [0.05, 0.1) is 44.6 Å². The summed E-state index contributed by atoms with van der Waals surface area (Å²) in [6.45, 7) is 12.9. The predicted molar refractivity (Wildman–Crippen MR) is 102 cm³/mol. The molecular weight excluding hydrogens is 332 g/mol. The van der Waals surface area contributed by atoms with Crippen LogP contribution in [0.2, 0.25) is 0 Å². The number of hydrogen-bond acceptors (Lipinski definition) is 5. The van der Waals surface area contributed by atoms with Crippen molar-refractivity contribution in [2.75, 3.05) is 52.5 Å². The van der Waals surface area contributed by atoms with Crippen LogP contribution in [0.5, 0.6) is 0 Å². The Morgan fingerprint density at radius 2 is 1.58 bits per heavy atom. The summed E-state index contributed by atoms with van der Waals surface area (Å²) in [6.07, 6.45) is 5.63. The summed E-state index contributed by atoms with van der Waals surface area (Å²) >= 11 is 0. The topological polar surface area (TPSA) is 51.2 Å². The van der Waals surface area contributed by atoms with Crippen molar-refractivity contribution in [2.24, 2.45) is 0 Å². The Hall–Kier alpha value is -0.690. The molecule has 0 spiro atoms. The van der Waals surface area contributed by atoms with E-state index in [1.165, 1.54) is 0 Å². The molecule has 1 amide bonds. The molecule has 6 heteroatoms. The van der Waals surface area contributed by atoms with Crippen molar-refractivity contribution < 1.29 is 19.0 Å². The molecule has 2 heterocycles. The fraction of sp³-hybridized carbons (Fsp3) is 0.950. The average Bonchev–Trinajstić information content (AvgIpc) is 2.65. The molecule has 0 bridgehead atoms. The molecule has 2 aliphatic rings. The Morgan fingerprint density at radius 3 is 2.15 bits per heavy atom. The highest BCUT2D eigenvalue weighted by Gasteiger charge is 2.27. The third-order valence-corrected chi connectivity index (χ3v) is 5.30. The standard InChI is InChI=1S/C20H38N2O4/c1-4-21-10-5-18(6-11-21)26-19-7-12-22(13-8-19)20(23)9-14-24-15-16-25-17(2)3/h17-19H,4-16H2,1-3H3. The molecule has 26 heavy (non-hydrogen) atoms. The maximum atomic E-state index is 12.3. The average molecular weight is 371 g/mol. The number of ether oxygens (including phenoxy) is 3. The minimum atomic E-state index is 0.199. The van der Waals surface area contributed by atoms with Gasteiger partial charge in [0.15, 0.2) is 0 Å². The van der Waals surface area contributed by atoms with Crippen LogP contribution in [0.25, 0.3) is 0 Å². The molecule has 0 radical (unpaired) electrons. The fourth-order valence-electron chi connectivity index (χ4n) is 3.64. The number of hydrogen-bond donors (Lipinski definition) is 0. The number of likely N-dealkylation sites (tertiary alicyclic amines) is 2. The molecule has 0 saturated carbocycles. The number of rotatable bonds is 10. The zero-order valence-electron chi connectivity index (χ0n) is 17.0. The van der Waals surface area contributed by atoms with Crippen molar-refractivity contribution in [3.05, 3.63) is 0 Å². The van der Waals surface area contributed by atoms with Crippen LogP contribution in [0, 0.1) is 0 Å². The van der Waals surface area contributed by atoms with Gasteiger partial charge < -0.3 is 24.0 Å². The van der Waals surface area contributed by atoms with E-state index in [2.05, 4.69) is 11.8 Å². The summed E-state index contributed by atoms with van der Waals surface area (Å²) in [4.78, 5) is 16.7. The molecule has 6 nitrogen and oxygen atoms in total. The third kappa shape index (κ3) is 7.91. The summed E-state index contributed by atoms with van der Waals surface area (Å²) in [7, 11) is 0. The van der Waals surface area contributed by atoms with Gasteiger partial charge in [0.2, 0.25) is 5.91 Å². The highest BCUT2D eigenvalue weighted by Crippen LogP contribution is 2.21. The van der Waals surface area contributed by atoms with Gasteiger partial charge in [-0.3, -0.25) is 4.79 Å². The zero-order valence-corrected chi connectivity index (χ0v) is 17.0. The Bertz CT molecular complexity index is 389. The quantitative estimate of drug-likeness (QED) is 0.553. The summed E-state index contributed by atoms with van der Waals surface area (Å²) in [5.74, 6) is 0.199. The van der Waals surface area contributed by atoms with Gasteiger partial charge in [-0.1, -0.05) is 6.92 Å². The van der Waals surface area contributed by atoms with E-state index in [0.717, 1.165) is 58.4 Å². The molecule has 0 aliphatic carbocycles. The summed E-state index contributed by atoms with van der Waals surface area (Å²) in [6, 6.07) is 0. The van der Waals surface area contributed by atoms with E-state index in [1.807, 2.05) is 18.7 Å². The molecule has 2 fully saturated rings. The van der Waals surface area contributed by atoms with E-state index in [9.17, 15) is 4.79 Å². The minimum Gasteiger partial charge on any atom is -0.379 e. The van der Waals surface area contributed by atoms with Crippen molar-refractivity contribution in [3.8, 4) is 0 Å². The van der Waals surface area contributed by atoms with Crippen LogP contribution < -0.4 is 0 Å². The molecule has 2 rings (SSSR count). The zero-order chi connectivity index (χ0) is 18.8. The molecule has 0 unspecified atom stereocenters. The number of nitrogens with zero attached hydrogens (tertiary/aromatic N) is 2. The van der Waals surface area contributed by atoms with Gasteiger partial charge in [-0.25, -0.2) is 0 Å². The van der Waals surface area contributed by atoms with Crippen LogP contribution in [-0.2, 0) is 19.0 Å². The second-order valence-corrected chi connectivity index (χ2v) is 7.63. The van der Waals surface area contributed by atoms with Crippen LogP contribution in [-0.4, -0.2) is 86.6 Å². The van der Waals surface area contributed by atoms with Gasteiger partial charge in [-0.05, 0) is 46.1 Å². The predicted octanol–water partition coefficient (Wildman–Crippen LogP) is 2.31. The molecule has 0 aromatic carbocycles. The lowest BCUT2D eigenvalue weighted by atomic mass is 10.0. The number of carbonyl (C=O) groups excluding carboxylic acids is 1. The highest BCUT2D eigenvalue weighted by molar-refractivity contribution is 5.76. The molecule has 0 aromatic rings. The second kappa shape index (κ2) is 11.9. The van der Waals surface area contributed by atoms with Crippen LogP contribution in [0.1, 0.15) is 52.9 Å². The number of amides is 1. The SMILES string of the molecule is CCN1CCC(OC2CCN(C(=O)CCOCCOC(C)C)CC2)CC1. The van der Waals surface area contributed by atoms with Crippen molar-refractivity contribution >= 4 is 5.91 Å². The smallest absolute Gasteiger partial charge is 0.224 e. The van der Waals surface area contributed by atoms with E-state index in [1.54, 1.807) is 0 Å². The van der Waals surface area contributed by atoms with Gasteiger partial charge in [-0.15, -0.1) is 0 Å². The first-order valence-corrected chi connectivity index (χ1v) is 10.4. The lowest BCUT2D eigenvalue weighted by Crippen LogP contribution is -2.44. The van der Waals surface area contributed by atoms with Crippen molar-refractivity contribution in [1.29, 1.82) is 0 Å². The molecule has 0 atom stereocenters. The minimum absolute atomic E-state index is 0.199.